The van der Waals surface area contributed by atoms with Gasteiger partial charge in [-0.1, -0.05) is 62.4 Å². The molecule has 0 aliphatic heterocycles. The van der Waals surface area contributed by atoms with Crippen LogP contribution in [0.15, 0.2) is 83.7 Å². The smallest absolute Gasteiger partial charge is 0.328 e. The summed E-state index contributed by atoms with van der Waals surface area (Å²) in [6.07, 6.45) is 4.51. The number of aromatic amines is 1. The summed E-state index contributed by atoms with van der Waals surface area (Å²) in [5, 5.41) is 31.1. The number of nitrogens with one attached hydrogen (secondary N) is 2. The Morgan fingerprint density at radius 2 is 1.55 bits per heavy atom. The molecule has 1 atom stereocenters. The highest BCUT2D eigenvalue weighted by atomic mass is 16.5. The van der Waals surface area contributed by atoms with Crippen LogP contribution < -0.4 is 15.6 Å². The first kappa shape index (κ1) is 32.2. The zero-order valence-electron chi connectivity index (χ0n) is 24.9. The zero-order chi connectivity index (χ0) is 31.6. The highest BCUT2D eigenvalue weighted by Gasteiger charge is 2.24. The lowest BCUT2D eigenvalue weighted by Crippen LogP contribution is -2.33. The lowest BCUT2D eigenvalue weighted by Gasteiger charge is -2.19. The molecule has 0 fully saturated rings. The highest BCUT2D eigenvalue weighted by molar-refractivity contribution is 5.89. The third-order valence-corrected chi connectivity index (χ3v) is 7.67. The van der Waals surface area contributed by atoms with Crippen LogP contribution in [0.1, 0.15) is 53.3 Å². The molecule has 1 aliphatic rings. The van der Waals surface area contributed by atoms with Gasteiger partial charge in [-0.3, -0.25) is 4.79 Å². The first-order valence-electron chi connectivity index (χ1n) is 14.7. The summed E-state index contributed by atoms with van der Waals surface area (Å²) < 4.78 is 6.04. The molecule has 3 aromatic carbocycles. The lowest BCUT2D eigenvalue weighted by molar-refractivity contribution is -0.134. The van der Waals surface area contributed by atoms with E-state index in [1.54, 1.807) is 6.07 Å². The van der Waals surface area contributed by atoms with Crippen molar-refractivity contribution in [2.45, 2.75) is 58.3 Å². The van der Waals surface area contributed by atoms with Gasteiger partial charge < -0.3 is 30.4 Å². The number of pyridine rings is 1. The Morgan fingerprint density at radius 3 is 2.11 bits per heavy atom. The van der Waals surface area contributed by atoms with Crippen LogP contribution in [0.3, 0.4) is 0 Å². The molecule has 1 unspecified atom stereocenters. The number of hydrogen-bond acceptors (Lipinski definition) is 6. The van der Waals surface area contributed by atoms with Gasteiger partial charge in [-0.05, 0) is 71.2 Å². The van der Waals surface area contributed by atoms with Gasteiger partial charge in [0.1, 0.15) is 12.4 Å². The highest BCUT2D eigenvalue weighted by Crippen LogP contribution is 2.31. The van der Waals surface area contributed by atoms with Crippen LogP contribution in [-0.2, 0) is 41.9 Å². The van der Waals surface area contributed by atoms with E-state index in [4.69, 9.17) is 14.9 Å². The Morgan fingerprint density at radius 1 is 0.932 bits per heavy atom. The summed E-state index contributed by atoms with van der Waals surface area (Å²) in [4.78, 5) is 34.1. The van der Waals surface area contributed by atoms with E-state index in [2.05, 4.69) is 36.3 Å². The normalized spacial score (nSPS) is 13.3. The minimum absolute atomic E-state index is 0.196. The van der Waals surface area contributed by atoms with Crippen LogP contribution >= 0.6 is 0 Å². The number of carboxylic acids is 2. The van der Waals surface area contributed by atoms with Crippen molar-refractivity contribution in [3.8, 4) is 5.75 Å². The third kappa shape index (κ3) is 8.43. The second-order valence-electron chi connectivity index (χ2n) is 10.7. The van der Waals surface area contributed by atoms with E-state index in [0.717, 1.165) is 42.2 Å². The second kappa shape index (κ2) is 15.1. The Bertz CT molecular complexity index is 1650. The van der Waals surface area contributed by atoms with Crippen molar-refractivity contribution in [3.05, 3.63) is 123 Å². The first-order chi connectivity index (χ1) is 21.2. The molecule has 5 N–H and O–H groups in total. The number of aromatic nitrogens is 1. The van der Waals surface area contributed by atoms with Gasteiger partial charge in [0.25, 0.3) is 0 Å². The molecule has 1 aliphatic carbocycles. The van der Waals surface area contributed by atoms with Crippen LogP contribution in [0, 0.1) is 0 Å². The standard InChI is InChI=1S/C31H34N2O3.C4H4O4/c1-3-21-14-23-16-25(17-24(23)15-22(21)4-2)32-18-28(34)26-10-12-29(31-27(26)11-13-30(35)33-31)36-19-20-8-6-5-7-9-20;5-3(6)1-2-4(7)8/h5-15,25,28,32,34H,3-4,16-19H2,1-2H3,(H,33,35);1-2H,(H,5,6)(H,7,8)/b;2-1+. The summed E-state index contributed by atoms with van der Waals surface area (Å²) in [5.41, 5.74) is 8.00. The van der Waals surface area contributed by atoms with Gasteiger partial charge in [0.15, 0.2) is 0 Å². The molecule has 230 valence electrons. The maximum atomic E-state index is 12.1. The van der Waals surface area contributed by atoms with Gasteiger partial charge in [0.05, 0.1) is 11.6 Å². The predicted octanol–water partition coefficient (Wildman–Crippen LogP) is 4.73. The van der Waals surface area contributed by atoms with E-state index in [1.165, 1.54) is 28.3 Å². The molecular weight excluding hydrogens is 560 g/mol. The molecule has 9 nitrogen and oxygen atoms in total. The number of aliphatic hydroxyl groups is 1. The summed E-state index contributed by atoms with van der Waals surface area (Å²) in [6, 6.07) is 22.0. The number of carboxylic acid groups (broad SMARTS) is 2. The molecule has 1 heterocycles. The molecule has 0 radical (unpaired) electrons. The average molecular weight is 599 g/mol. The quantitative estimate of drug-likeness (QED) is 0.156. The lowest BCUT2D eigenvalue weighted by atomic mass is 9.97. The summed E-state index contributed by atoms with van der Waals surface area (Å²) in [5.74, 6) is -1.92. The Balaban J connectivity index is 0.000000488. The maximum Gasteiger partial charge on any atom is 0.328 e. The summed E-state index contributed by atoms with van der Waals surface area (Å²) >= 11 is 0. The monoisotopic (exact) mass is 598 g/mol. The summed E-state index contributed by atoms with van der Waals surface area (Å²) in [7, 11) is 0. The number of rotatable bonds is 11. The first-order valence-corrected chi connectivity index (χ1v) is 14.7. The van der Waals surface area contributed by atoms with Crippen LogP contribution in [0.2, 0.25) is 0 Å². The number of aryl methyl sites for hydroxylation is 2. The number of H-pyrrole nitrogens is 1. The number of aliphatic carboxylic acids is 2. The molecule has 0 saturated carbocycles. The van der Waals surface area contributed by atoms with Crippen LogP contribution in [0.5, 0.6) is 5.75 Å². The Hall–Kier alpha value is -4.73. The second-order valence-corrected chi connectivity index (χ2v) is 10.7. The number of benzene rings is 3. The number of hydrogen-bond donors (Lipinski definition) is 5. The molecule has 4 aromatic rings. The van der Waals surface area contributed by atoms with Gasteiger partial charge in [-0.15, -0.1) is 0 Å². The van der Waals surface area contributed by atoms with E-state index in [-0.39, 0.29) is 5.56 Å². The molecule has 0 amide bonds. The van der Waals surface area contributed by atoms with E-state index >= 15 is 0 Å². The molecule has 9 heteroatoms. The number of aliphatic hydroxyl groups excluding tert-OH is 1. The fourth-order valence-corrected chi connectivity index (χ4v) is 5.50. The van der Waals surface area contributed by atoms with Crippen molar-refractivity contribution in [1.29, 1.82) is 0 Å². The van der Waals surface area contributed by atoms with E-state index in [0.29, 0.717) is 42.6 Å². The summed E-state index contributed by atoms with van der Waals surface area (Å²) in [6.45, 7) is 5.28. The molecule has 0 bridgehead atoms. The molecule has 44 heavy (non-hydrogen) atoms. The van der Waals surface area contributed by atoms with E-state index < -0.39 is 18.0 Å². The predicted molar refractivity (Wildman–Crippen MR) is 169 cm³/mol. The molecule has 5 rings (SSSR count). The van der Waals surface area contributed by atoms with Crippen LogP contribution in [-0.4, -0.2) is 44.8 Å². The molecule has 0 saturated heterocycles. The third-order valence-electron chi connectivity index (χ3n) is 7.67. The number of ether oxygens (including phenoxy) is 1. The van der Waals surface area contributed by atoms with Crippen molar-refractivity contribution in [2.24, 2.45) is 0 Å². The van der Waals surface area contributed by atoms with E-state index in [1.807, 2.05) is 42.5 Å². The van der Waals surface area contributed by atoms with Crippen molar-refractivity contribution in [3.63, 3.8) is 0 Å². The van der Waals surface area contributed by atoms with Crippen molar-refractivity contribution >= 4 is 22.8 Å². The van der Waals surface area contributed by atoms with Crippen LogP contribution in [0.25, 0.3) is 10.9 Å². The zero-order valence-corrected chi connectivity index (χ0v) is 24.9. The Labute approximate surface area is 255 Å². The molecular formula is C35H38N2O7. The molecule has 0 spiro atoms. The number of carbonyl (C=O) groups is 2. The fourth-order valence-electron chi connectivity index (χ4n) is 5.50. The van der Waals surface area contributed by atoms with Crippen molar-refractivity contribution in [2.75, 3.05) is 6.54 Å². The largest absolute Gasteiger partial charge is 0.487 e. The minimum Gasteiger partial charge on any atom is -0.487 e. The molecule has 1 aromatic heterocycles. The van der Waals surface area contributed by atoms with E-state index in [9.17, 15) is 19.5 Å². The maximum absolute atomic E-state index is 12.1. The SMILES string of the molecule is CCc1cc2c(cc1CC)CC(NCC(O)c1ccc(OCc3ccccc3)c3[nH]c(=O)ccc13)C2.O=C(O)/C=C/C(=O)O. The van der Waals surface area contributed by atoms with Gasteiger partial charge in [0.2, 0.25) is 5.56 Å². The van der Waals surface area contributed by atoms with Gasteiger partial charge >= 0.3 is 11.9 Å². The van der Waals surface area contributed by atoms with Crippen LogP contribution in [0.4, 0.5) is 0 Å². The van der Waals surface area contributed by atoms with Gasteiger partial charge in [0, 0.05) is 36.2 Å². The number of fused-ring (bicyclic) bond motifs is 2. The van der Waals surface area contributed by atoms with Crippen molar-refractivity contribution < 1.29 is 29.6 Å². The van der Waals surface area contributed by atoms with Gasteiger partial charge in [-0.25, -0.2) is 9.59 Å². The fraction of sp³-hybridized carbons (Fsp3) is 0.286. The Kier molecular flexibility index (Phi) is 11.1. The average Bonchev–Trinajstić information content (AvgIpc) is 3.43. The topological polar surface area (TPSA) is 149 Å². The van der Waals surface area contributed by atoms with Gasteiger partial charge in [-0.2, -0.15) is 0 Å². The minimum atomic E-state index is -1.26. The van der Waals surface area contributed by atoms with Crippen molar-refractivity contribution in [1.82, 2.24) is 10.3 Å².